The second kappa shape index (κ2) is 7.23. The lowest BCUT2D eigenvalue weighted by Crippen LogP contribution is -2.28. The zero-order chi connectivity index (χ0) is 15.4. The average molecular weight is 317 g/mol. The number of furan rings is 1. The fourth-order valence-electron chi connectivity index (χ4n) is 3.00. The maximum Gasteiger partial charge on any atom is 0.230 e. The van der Waals surface area contributed by atoms with Crippen molar-refractivity contribution in [1.29, 1.82) is 0 Å². The molecule has 22 heavy (non-hydrogen) atoms. The van der Waals surface area contributed by atoms with Crippen molar-refractivity contribution in [3.8, 4) is 0 Å². The Balaban J connectivity index is 1.51. The van der Waals surface area contributed by atoms with E-state index >= 15 is 0 Å². The summed E-state index contributed by atoms with van der Waals surface area (Å²) in [7, 11) is 0. The summed E-state index contributed by atoms with van der Waals surface area (Å²) in [6.07, 6.45) is 6.50. The van der Waals surface area contributed by atoms with E-state index < -0.39 is 0 Å². The molecule has 0 saturated heterocycles. The number of nitrogens with one attached hydrogen (secondary N) is 1. The van der Waals surface area contributed by atoms with E-state index in [9.17, 15) is 4.79 Å². The maximum absolute atomic E-state index is 12.1. The summed E-state index contributed by atoms with van der Waals surface area (Å²) in [5.74, 6) is 1.47. The van der Waals surface area contributed by atoms with Gasteiger partial charge >= 0.3 is 0 Å². The minimum Gasteiger partial charge on any atom is -0.459 e. The van der Waals surface area contributed by atoms with Crippen molar-refractivity contribution in [3.05, 3.63) is 36.1 Å². The predicted octanol–water partition coefficient (Wildman–Crippen LogP) is 4.68. The quantitative estimate of drug-likeness (QED) is 0.871. The number of carbonyl (C=O) groups is 1. The Morgan fingerprint density at radius 2 is 2.09 bits per heavy atom. The van der Waals surface area contributed by atoms with Crippen LogP contribution in [0, 0.1) is 0 Å². The minimum absolute atomic E-state index is 0.0909. The van der Waals surface area contributed by atoms with E-state index in [0.717, 1.165) is 16.7 Å². The van der Waals surface area contributed by atoms with Crippen molar-refractivity contribution < 1.29 is 9.21 Å². The van der Waals surface area contributed by atoms with E-state index in [-0.39, 0.29) is 11.9 Å². The van der Waals surface area contributed by atoms with Crippen LogP contribution in [0.3, 0.4) is 0 Å². The molecule has 118 valence electrons. The summed E-state index contributed by atoms with van der Waals surface area (Å²) in [6, 6.07) is 9.84. The van der Waals surface area contributed by atoms with E-state index in [4.69, 9.17) is 4.42 Å². The second-order valence-electron chi connectivity index (χ2n) is 6.05. The van der Waals surface area contributed by atoms with E-state index in [1.807, 2.05) is 37.3 Å². The smallest absolute Gasteiger partial charge is 0.230 e. The van der Waals surface area contributed by atoms with Gasteiger partial charge in [0.25, 0.3) is 0 Å². The highest BCUT2D eigenvalue weighted by Crippen LogP contribution is 2.28. The normalized spacial score (nSPS) is 17.5. The van der Waals surface area contributed by atoms with Crippen molar-refractivity contribution in [2.75, 3.05) is 5.75 Å². The number of carbonyl (C=O) groups excluding carboxylic acids is 1. The van der Waals surface area contributed by atoms with Crippen molar-refractivity contribution in [2.24, 2.45) is 0 Å². The third-order valence-corrected chi connectivity index (χ3v) is 5.62. The van der Waals surface area contributed by atoms with Crippen LogP contribution in [0.4, 0.5) is 0 Å². The summed E-state index contributed by atoms with van der Waals surface area (Å²) in [5.41, 5.74) is 0.871. The Morgan fingerprint density at radius 1 is 1.32 bits per heavy atom. The third kappa shape index (κ3) is 3.86. The number of hydrogen-bond donors (Lipinski definition) is 1. The Bertz CT molecular complexity index is 598. The summed E-state index contributed by atoms with van der Waals surface area (Å²) in [6.45, 7) is 1.97. The molecule has 1 aliphatic carbocycles. The highest BCUT2D eigenvalue weighted by Gasteiger charge is 2.17. The first-order chi connectivity index (χ1) is 10.7. The number of amides is 1. The van der Waals surface area contributed by atoms with Crippen LogP contribution in [0.25, 0.3) is 11.0 Å². The van der Waals surface area contributed by atoms with Crippen LogP contribution in [0.2, 0.25) is 0 Å². The summed E-state index contributed by atoms with van der Waals surface area (Å²) in [4.78, 5) is 12.1. The molecule has 1 aromatic carbocycles. The van der Waals surface area contributed by atoms with Gasteiger partial charge in [-0.1, -0.05) is 37.5 Å². The van der Waals surface area contributed by atoms with E-state index in [1.165, 1.54) is 32.1 Å². The summed E-state index contributed by atoms with van der Waals surface area (Å²) < 4.78 is 5.80. The lowest BCUT2D eigenvalue weighted by atomic mass is 10.0. The zero-order valence-corrected chi connectivity index (χ0v) is 13.8. The average Bonchev–Trinajstić information content (AvgIpc) is 2.98. The Hall–Kier alpha value is -1.42. The lowest BCUT2D eigenvalue weighted by molar-refractivity contribution is -0.119. The minimum atomic E-state index is -0.0909. The van der Waals surface area contributed by atoms with Crippen LogP contribution < -0.4 is 5.32 Å². The number of hydrogen-bond acceptors (Lipinski definition) is 3. The van der Waals surface area contributed by atoms with Gasteiger partial charge in [0.1, 0.15) is 11.3 Å². The molecule has 3 nitrogen and oxygen atoms in total. The number of fused-ring (bicyclic) bond motifs is 1. The molecule has 1 aromatic heterocycles. The predicted molar refractivity (Wildman–Crippen MR) is 92.1 cm³/mol. The van der Waals surface area contributed by atoms with Gasteiger partial charge in [-0.15, -0.1) is 11.8 Å². The number of rotatable bonds is 5. The molecule has 1 aliphatic rings. The van der Waals surface area contributed by atoms with Gasteiger partial charge in [0.05, 0.1) is 11.8 Å². The molecule has 0 bridgehead atoms. The molecule has 0 radical (unpaired) electrons. The molecule has 1 N–H and O–H groups in total. The van der Waals surface area contributed by atoms with Crippen molar-refractivity contribution in [2.45, 2.75) is 50.3 Å². The maximum atomic E-state index is 12.1. The molecule has 0 spiro atoms. The standard InChI is InChI=1S/C18H23NO2S/c1-13(17-11-14-7-5-6-10-16(14)21-17)19-18(20)12-22-15-8-3-2-4-9-15/h5-7,10-11,13,15H,2-4,8-9,12H2,1H3,(H,19,20)/t13-/m0/s1. The fraction of sp³-hybridized carbons (Fsp3) is 0.500. The highest BCUT2D eigenvalue weighted by atomic mass is 32.2. The molecule has 1 heterocycles. The monoisotopic (exact) mass is 317 g/mol. The first-order valence-electron chi connectivity index (χ1n) is 8.12. The zero-order valence-electron chi connectivity index (χ0n) is 13.0. The largest absolute Gasteiger partial charge is 0.459 e. The van der Waals surface area contributed by atoms with Gasteiger partial charge in [0, 0.05) is 10.6 Å². The van der Waals surface area contributed by atoms with Crippen molar-refractivity contribution in [1.82, 2.24) is 5.32 Å². The fourth-order valence-corrected chi connectivity index (χ4v) is 4.13. The molecule has 2 aromatic rings. The molecule has 1 atom stereocenters. The number of thioether (sulfide) groups is 1. The molecule has 1 fully saturated rings. The Morgan fingerprint density at radius 3 is 2.86 bits per heavy atom. The van der Waals surface area contributed by atoms with Crippen molar-refractivity contribution >= 4 is 28.6 Å². The second-order valence-corrected chi connectivity index (χ2v) is 7.34. The van der Waals surface area contributed by atoms with Crippen LogP contribution in [0.5, 0.6) is 0 Å². The van der Waals surface area contributed by atoms with Gasteiger partial charge in [0.2, 0.25) is 5.91 Å². The Kier molecular flexibility index (Phi) is 5.08. The van der Waals surface area contributed by atoms with Crippen LogP contribution >= 0.6 is 11.8 Å². The molecular weight excluding hydrogens is 294 g/mol. The number of benzene rings is 1. The van der Waals surface area contributed by atoms with E-state index in [2.05, 4.69) is 5.32 Å². The van der Waals surface area contributed by atoms with Crippen LogP contribution in [-0.2, 0) is 4.79 Å². The molecule has 0 aliphatic heterocycles. The van der Waals surface area contributed by atoms with E-state index in [0.29, 0.717) is 11.0 Å². The van der Waals surface area contributed by atoms with Crippen LogP contribution in [-0.4, -0.2) is 16.9 Å². The molecule has 1 saturated carbocycles. The Labute approximate surface area is 135 Å². The van der Waals surface area contributed by atoms with Gasteiger partial charge in [0.15, 0.2) is 0 Å². The van der Waals surface area contributed by atoms with Gasteiger partial charge in [-0.2, -0.15) is 0 Å². The van der Waals surface area contributed by atoms with E-state index in [1.54, 1.807) is 11.8 Å². The third-order valence-electron chi connectivity index (χ3n) is 4.25. The lowest BCUT2D eigenvalue weighted by Gasteiger charge is -2.21. The van der Waals surface area contributed by atoms with Crippen molar-refractivity contribution in [3.63, 3.8) is 0 Å². The molecule has 3 rings (SSSR count). The summed E-state index contributed by atoms with van der Waals surface area (Å²) in [5, 5.41) is 4.79. The first kappa shape index (κ1) is 15.5. The molecular formula is C18H23NO2S. The summed E-state index contributed by atoms with van der Waals surface area (Å²) >= 11 is 1.81. The first-order valence-corrected chi connectivity index (χ1v) is 9.16. The van der Waals surface area contributed by atoms with Gasteiger partial charge in [-0.25, -0.2) is 0 Å². The topological polar surface area (TPSA) is 42.2 Å². The molecule has 4 heteroatoms. The molecule has 1 amide bonds. The van der Waals surface area contributed by atoms with Gasteiger partial charge < -0.3 is 9.73 Å². The van der Waals surface area contributed by atoms with Crippen LogP contribution in [0.15, 0.2) is 34.7 Å². The number of para-hydroxylation sites is 1. The van der Waals surface area contributed by atoms with Gasteiger partial charge in [-0.3, -0.25) is 4.79 Å². The van der Waals surface area contributed by atoms with Gasteiger partial charge in [-0.05, 0) is 31.9 Å². The highest BCUT2D eigenvalue weighted by molar-refractivity contribution is 8.00. The molecule has 0 unspecified atom stereocenters. The SMILES string of the molecule is C[C@H](NC(=O)CSC1CCCCC1)c1cc2ccccc2o1. The van der Waals surface area contributed by atoms with Crippen LogP contribution in [0.1, 0.15) is 50.8 Å².